The largest absolute Gasteiger partial charge is 0.453 e. The molecule has 1 aromatic carbocycles. The molecule has 0 aromatic heterocycles. The predicted molar refractivity (Wildman–Crippen MR) is 72.2 cm³/mol. The molecular formula is C13H17ClN2O2. The first kappa shape index (κ1) is 13.0. The zero-order valence-electron chi connectivity index (χ0n) is 10.4. The van der Waals surface area contributed by atoms with E-state index in [4.69, 9.17) is 11.6 Å². The van der Waals surface area contributed by atoms with Gasteiger partial charge in [-0.1, -0.05) is 17.7 Å². The second-order valence-electron chi connectivity index (χ2n) is 4.40. The van der Waals surface area contributed by atoms with Gasteiger partial charge < -0.3 is 15.0 Å². The Morgan fingerprint density at radius 2 is 2.39 bits per heavy atom. The number of benzene rings is 1. The highest BCUT2D eigenvalue weighted by atomic mass is 35.5. The number of nitrogens with one attached hydrogen (secondary N) is 1. The van der Waals surface area contributed by atoms with Crippen molar-refractivity contribution >= 4 is 23.4 Å². The van der Waals surface area contributed by atoms with Crippen LogP contribution in [0.3, 0.4) is 0 Å². The third-order valence-electron chi connectivity index (χ3n) is 3.10. The van der Waals surface area contributed by atoms with Crippen LogP contribution in [-0.2, 0) is 4.74 Å². The van der Waals surface area contributed by atoms with Crippen molar-refractivity contribution in [1.82, 2.24) is 5.32 Å². The third-order valence-corrected chi connectivity index (χ3v) is 3.34. The van der Waals surface area contributed by atoms with Crippen molar-refractivity contribution < 1.29 is 9.53 Å². The number of methoxy groups -OCH3 is 1. The molecule has 1 fully saturated rings. The van der Waals surface area contributed by atoms with Gasteiger partial charge in [-0.15, -0.1) is 0 Å². The van der Waals surface area contributed by atoms with Crippen LogP contribution >= 0.6 is 11.6 Å². The smallest absolute Gasteiger partial charge is 0.407 e. The summed E-state index contributed by atoms with van der Waals surface area (Å²) in [6.07, 6.45) is 1.65. The van der Waals surface area contributed by atoms with Crippen LogP contribution in [0.2, 0.25) is 5.02 Å². The third kappa shape index (κ3) is 3.29. The highest BCUT2D eigenvalue weighted by molar-refractivity contribution is 6.30. The molecule has 0 radical (unpaired) electrons. The van der Waals surface area contributed by atoms with Gasteiger partial charge in [0.2, 0.25) is 0 Å². The molecule has 0 spiro atoms. The van der Waals surface area contributed by atoms with Gasteiger partial charge in [-0.2, -0.15) is 0 Å². The number of halogens is 1. The molecule has 1 atom stereocenters. The molecule has 2 rings (SSSR count). The summed E-state index contributed by atoms with van der Waals surface area (Å²) in [5, 5.41) is 3.58. The summed E-state index contributed by atoms with van der Waals surface area (Å²) >= 11 is 5.99. The highest BCUT2D eigenvalue weighted by Gasteiger charge is 2.21. The van der Waals surface area contributed by atoms with Gasteiger partial charge in [0.25, 0.3) is 0 Å². The molecule has 1 amide bonds. The lowest BCUT2D eigenvalue weighted by Crippen LogP contribution is -2.47. The summed E-state index contributed by atoms with van der Waals surface area (Å²) in [6, 6.07) is 7.91. The van der Waals surface area contributed by atoms with Crippen LogP contribution in [0, 0.1) is 0 Å². The number of amides is 1. The Morgan fingerprint density at radius 1 is 1.56 bits per heavy atom. The summed E-state index contributed by atoms with van der Waals surface area (Å²) in [5.41, 5.74) is 1.10. The van der Waals surface area contributed by atoms with Gasteiger partial charge in [0.1, 0.15) is 0 Å². The van der Waals surface area contributed by atoms with Gasteiger partial charge in [-0.25, -0.2) is 4.79 Å². The molecule has 0 aliphatic carbocycles. The number of rotatable bonds is 2. The molecule has 4 nitrogen and oxygen atoms in total. The Morgan fingerprint density at radius 3 is 3.11 bits per heavy atom. The molecule has 98 valence electrons. The number of carbonyl (C=O) groups is 1. The van der Waals surface area contributed by atoms with E-state index in [0.29, 0.717) is 0 Å². The lowest BCUT2D eigenvalue weighted by atomic mass is 10.1. The van der Waals surface area contributed by atoms with Crippen LogP contribution in [0.15, 0.2) is 24.3 Å². The quantitative estimate of drug-likeness (QED) is 0.897. The van der Waals surface area contributed by atoms with Gasteiger partial charge in [-0.3, -0.25) is 0 Å². The standard InChI is InChI=1S/C13H17ClN2O2/c1-18-13(17)15-11-5-3-7-16(9-11)12-6-2-4-10(14)8-12/h2,4,6,8,11H,3,5,7,9H2,1H3,(H,15,17). The number of hydrogen-bond donors (Lipinski definition) is 1. The van der Waals surface area contributed by atoms with E-state index in [1.54, 1.807) is 0 Å². The molecule has 1 heterocycles. The minimum atomic E-state index is -0.368. The number of alkyl carbamates (subject to hydrolysis) is 1. The molecule has 1 N–H and O–H groups in total. The number of anilines is 1. The van der Waals surface area contributed by atoms with Crippen molar-refractivity contribution in [2.75, 3.05) is 25.1 Å². The lowest BCUT2D eigenvalue weighted by molar-refractivity contribution is 0.165. The maximum absolute atomic E-state index is 11.2. The van der Waals surface area contributed by atoms with Crippen LogP contribution < -0.4 is 10.2 Å². The summed E-state index contributed by atoms with van der Waals surface area (Å²) in [7, 11) is 1.38. The maximum atomic E-state index is 11.2. The van der Waals surface area contributed by atoms with Crippen molar-refractivity contribution in [1.29, 1.82) is 0 Å². The minimum Gasteiger partial charge on any atom is -0.453 e. The van der Waals surface area contributed by atoms with Gasteiger partial charge in [0, 0.05) is 29.8 Å². The molecule has 1 aliphatic heterocycles. The molecule has 1 saturated heterocycles. The summed E-state index contributed by atoms with van der Waals surface area (Å²) in [5.74, 6) is 0. The molecular weight excluding hydrogens is 252 g/mol. The first-order chi connectivity index (χ1) is 8.69. The summed E-state index contributed by atoms with van der Waals surface area (Å²) in [6.45, 7) is 1.77. The van der Waals surface area contributed by atoms with Crippen LogP contribution in [-0.4, -0.2) is 32.3 Å². The monoisotopic (exact) mass is 268 g/mol. The number of hydrogen-bond acceptors (Lipinski definition) is 3. The molecule has 0 bridgehead atoms. The summed E-state index contributed by atoms with van der Waals surface area (Å²) in [4.78, 5) is 13.4. The van der Waals surface area contributed by atoms with E-state index in [1.165, 1.54) is 7.11 Å². The first-order valence-corrected chi connectivity index (χ1v) is 6.42. The van der Waals surface area contributed by atoms with E-state index >= 15 is 0 Å². The Hall–Kier alpha value is -1.42. The molecule has 1 aliphatic rings. The van der Waals surface area contributed by atoms with Crippen LogP contribution in [0.25, 0.3) is 0 Å². The number of piperidine rings is 1. The number of nitrogens with zero attached hydrogens (tertiary/aromatic N) is 1. The van der Waals surface area contributed by atoms with Crippen molar-refractivity contribution in [3.63, 3.8) is 0 Å². The second kappa shape index (κ2) is 5.96. The van der Waals surface area contributed by atoms with E-state index in [9.17, 15) is 4.79 Å². The number of ether oxygens (including phenoxy) is 1. The summed E-state index contributed by atoms with van der Waals surface area (Å²) < 4.78 is 4.62. The van der Waals surface area contributed by atoms with Gasteiger partial charge in [0.05, 0.1) is 7.11 Å². The predicted octanol–water partition coefficient (Wildman–Crippen LogP) is 2.66. The molecule has 0 saturated carbocycles. The van der Waals surface area contributed by atoms with Crippen molar-refractivity contribution in [2.45, 2.75) is 18.9 Å². The Bertz CT molecular complexity index is 425. The van der Waals surface area contributed by atoms with Gasteiger partial charge in [-0.05, 0) is 31.0 Å². The average molecular weight is 269 g/mol. The maximum Gasteiger partial charge on any atom is 0.407 e. The molecule has 1 aromatic rings. The topological polar surface area (TPSA) is 41.6 Å². The Balaban J connectivity index is 2.00. The van der Waals surface area contributed by atoms with Crippen LogP contribution in [0.4, 0.5) is 10.5 Å². The fourth-order valence-electron chi connectivity index (χ4n) is 2.23. The Labute approximate surface area is 112 Å². The van der Waals surface area contributed by atoms with Gasteiger partial charge >= 0.3 is 6.09 Å². The first-order valence-electron chi connectivity index (χ1n) is 6.04. The van der Waals surface area contributed by atoms with Crippen LogP contribution in [0.5, 0.6) is 0 Å². The molecule has 1 unspecified atom stereocenters. The van der Waals surface area contributed by atoms with Crippen molar-refractivity contribution in [2.24, 2.45) is 0 Å². The lowest BCUT2D eigenvalue weighted by Gasteiger charge is -2.34. The average Bonchev–Trinajstić information content (AvgIpc) is 2.39. The SMILES string of the molecule is COC(=O)NC1CCCN(c2cccc(Cl)c2)C1. The molecule has 18 heavy (non-hydrogen) atoms. The fourth-order valence-corrected chi connectivity index (χ4v) is 2.41. The highest BCUT2D eigenvalue weighted by Crippen LogP contribution is 2.23. The van der Waals surface area contributed by atoms with Crippen LogP contribution in [0.1, 0.15) is 12.8 Å². The molecule has 5 heteroatoms. The van der Waals surface area contributed by atoms with Crippen molar-refractivity contribution in [3.8, 4) is 0 Å². The van der Waals surface area contributed by atoms with Crippen molar-refractivity contribution in [3.05, 3.63) is 29.3 Å². The minimum absolute atomic E-state index is 0.130. The van der Waals surface area contributed by atoms with Gasteiger partial charge in [0.15, 0.2) is 0 Å². The Kier molecular flexibility index (Phi) is 4.31. The second-order valence-corrected chi connectivity index (χ2v) is 4.84. The van der Waals surface area contributed by atoms with E-state index in [1.807, 2.05) is 24.3 Å². The fraction of sp³-hybridized carbons (Fsp3) is 0.462. The van der Waals surface area contributed by atoms with E-state index in [0.717, 1.165) is 36.6 Å². The van der Waals surface area contributed by atoms with E-state index in [2.05, 4.69) is 15.0 Å². The normalized spacial score (nSPS) is 19.4. The van der Waals surface area contributed by atoms with E-state index < -0.39 is 0 Å². The zero-order valence-corrected chi connectivity index (χ0v) is 11.1. The number of carbonyl (C=O) groups excluding carboxylic acids is 1. The zero-order chi connectivity index (χ0) is 13.0. The van der Waals surface area contributed by atoms with E-state index in [-0.39, 0.29) is 12.1 Å².